The first-order valence-corrected chi connectivity index (χ1v) is 6.41. The van der Waals surface area contributed by atoms with Crippen LogP contribution in [0.4, 0.5) is 0 Å². The summed E-state index contributed by atoms with van der Waals surface area (Å²) in [6.07, 6.45) is 2.59. The standard InChI is InChI=1S/C11H17N3S/c1-8-6-9(2)14-11(13-8)15-7-10-4-3-5-12-10/h6,10,12H,3-5,7H2,1-2H3. The summed E-state index contributed by atoms with van der Waals surface area (Å²) in [6.45, 7) is 5.21. The number of nitrogens with one attached hydrogen (secondary N) is 1. The largest absolute Gasteiger partial charge is 0.313 e. The summed E-state index contributed by atoms with van der Waals surface area (Å²) in [5.74, 6) is 1.09. The molecule has 15 heavy (non-hydrogen) atoms. The van der Waals surface area contributed by atoms with Gasteiger partial charge in [0.05, 0.1) is 0 Å². The van der Waals surface area contributed by atoms with Crippen LogP contribution in [0, 0.1) is 13.8 Å². The van der Waals surface area contributed by atoms with E-state index >= 15 is 0 Å². The highest BCUT2D eigenvalue weighted by atomic mass is 32.2. The number of aromatic nitrogens is 2. The number of rotatable bonds is 3. The van der Waals surface area contributed by atoms with Gasteiger partial charge in [-0.25, -0.2) is 9.97 Å². The molecule has 1 atom stereocenters. The van der Waals surface area contributed by atoms with E-state index in [9.17, 15) is 0 Å². The molecule has 1 aromatic heterocycles. The van der Waals surface area contributed by atoms with Crippen molar-refractivity contribution < 1.29 is 0 Å². The Kier molecular flexibility index (Phi) is 3.59. The number of nitrogens with zero attached hydrogens (tertiary/aromatic N) is 2. The van der Waals surface area contributed by atoms with Gasteiger partial charge < -0.3 is 5.32 Å². The van der Waals surface area contributed by atoms with Crippen molar-refractivity contribution in [3.05, 3.63) is 17.5 Å². The monoisotopic (exact) mass is 223 g/mol. The Balaban J connectivity index is 1.92. The number of thioether (sulfide) groups is 1. The Bertz CT molecular complexity index is 314. The van der Waals surface area contributed by atoms with Gasteiger partial charge in [0.25, 0.3) is 0 Å². The van der Waals surface area contributed by atoms with Crippen LogP contribution in [0.3, 0.4) is 0 Å². The summed E-state index contributed by atoms with van der Waals surface area (Å²) in [7, 11) is 0. The second kappa shape index (κ2) is 4.94. The number of hydrogen-bond donors (Lipinski definition) is 1. The van der Waals surface area contributed by atoms with Crippen molar-refractivity contribution in [3.63, 3.8) is 0 Å². The highest BCUT2D eigenvalue weighted by Crippen LogP contribution is 2.18. The van der Waals surface area contributed by atoms with Gasteiger partial charge in [-0.2, -0.15) is 0 Å². The van der Waals surface area contributed by atoms with Gasteiger partial charge in [0.1, 0.15) is 0 Å². The minimum atomic E-state index is 0.652. The van der Waals surface area contributed by atoms with Gasteiger partial charge >= 0.3 is 0 Å². The lowest BCUT2D eigenvalue weighted by Crippen LogP contribution is -2.23. The van der Waals surface area contributed by atoms with Gasteiger partial charge in [-0.3, -0.25) is 0 Å². The van der Waals surface area contributed by atoms with Gasteiger partial charge in [0.2, 0.25) is 0 Å². The molecular weight excluding hydrogens is 206 g/mol. The molecule has 82 valence electrons. The molecule has 1 aliphatic heterocycles. The Morgan fingerprint density at radius 3 is 2.73 bits per heavy atom. The molecule has 2 heterocycles. The molecule has 1 aliphatic rings. The first-order valence-electron chi connectivity index (χ1n) is 5.42. The molecule has 0 aromatic carbocycles. The second-order valence-corrected chi connectivity index (χ2v) is 5.02. The minimum absolute atomic E-state index is 0.652. The molecule has 0 spiro atoms. The minimum Gasteiger partial charge on any atom is -0.313 e. The molecule has 0 saturated carbocycles. The van der Waals surface area contributed by atoms with E-state index in [1.165, 1.54) is 19.4 Å². The van der Waals surface area contributed by atoms with Crippen LogP contribution < -0.4 is 5.32 Å². The van der Waals surface area contributed by atoms with Gasteiger partial charge in [-0.05, 0) is 39.3 Å². The quantitative estimate of drug-likeness (QED) is 0.628. The van der Waals surface area contributed by atoms with Crippen molar-refractivity contribution in [2.75, 3.05) is 12.3 Å². The van der Waals surface area contributed by atoms with E-state index in [0.29, 0.717) is 6.04 Å². The lowest BCUT2D eigenvalue weighted by atomic mass is 10.3. The van der Waals surface area contributed by atoms with E-state index in [-0.39, 0.29) is 0 Å². The van der Waals surface area contributed by atoms with Crippen LogP contribution >= 0.6 is 11.8 Å². The zero-order valence-corrected chi connectivity index (χ0v) is 10.1. The first kappa shape index (κ1) is 10.9. The van der Waals surface area contributed by atoms with Crippen LogP contribution in [0.15, 0.2) is 11.2 Å². The van der Waals surface area contributed by atoms with Crippen LogP contribution in [0.1, 0.15) is 24.2 Å². The molecule has 3 nitrogen and oxygen atoms in total. The summed E-state index contributed by atoms with van der Waals surface area (Å²) < 4.78 is 0. The molecule has 1 aromatic rings. The predicted octanol–water partition coefficient (Wildman–Crippen LogP) is 1.94. The Morgan fingerprint density at radius 2 is 2.13 bits per heavy atom. The molecule has 2 rings (SSSR count). The van der Waals surface area contributed by atoms with Crippen LogP contribution in [0.2, 0.25) is 0 Å². The molecular formula is C11H17N3S. The smallest absolute Gasteiger partial charge is 0.188 e. The molecule has 1 N–H and O–H groups in total. The van der Waals surface area contributed by atoms with Crippen molar-refractivity contribution in [1.29, 1.82) is 0 Å². The van der Waals surface area contributed by atoms with Crippen molar-refractivity contribution in [2.45, 2.75) is 37.9 Å². The van der Waals surface area contributed by atoms with Crippen molar-refractivity contribution in [2.24, 2.45) is 0 Å². The van der Waals surface area contributed by atoms with E-state index in [1.807, 2.05) is 19.9 Å². The third-order valence-corrected chi connectivity index (χ3v) is 3.55. The van der Waals surface area contributed by atoms with E-state index in [2.05, 4.69) is 15.3 Å². The van der Waals surface area contributed by atoms with E-state index in [1.54, 1.807) is 11.8 Å². The lowest BCUT2D eigenvalue weighted by Gasteiger charge is -2.08. The first-order chi connectivity index (χ1) is 7.24. The van der Waals surface area contributed by atoms with Crippen LogP contribution in [-0.2, 0) is 0 Å². The summed E-state index contributed by atoms with van der Waals surface area (Å²) in [5.41, 5.74) is 2.12. The zero-order valence-electron chi connectivity index (χ0n) is 9.29. The molecule has 1 saturated heterocycles. The molecule has 0 radical (unpaired) electrons. The van der Waals surface area contributed by atoms with Gasteiger partial charge in [-0.1, -0.05) is 11.8 Å². The third-order valence-electron chi connectivity index (χ3n) is 2.54. The van der Waals surface area contributed by atoms with E-state index < -0.39 is 0 Å². The van der Waals surface area contributed by atoms with E-state index in [4.69, 9.17) is 0 Å². The van der Waals surface area contributed by atoms with Crippen molar-refractivity contribution >= 4 is 11.8 Å². The fourth-order valence-corrected chi connectivity index (χ4v) is 2.88. The molecule has 0 aliphatic carbocycles. The molecule has 4 heteroatoms. The second-order valence-electron chi connectivity index (χ2n) is 4.04. The summed E-state index contributed by atoms with van der Waals surface area (Å²) >= 11 is 1.76. The predicted molar refractivity (Wildman–Crippen MR) is 63.3 cm³/mol. The Morgan fingerprint density at radius 1 is 1.40 bits per heavy atom. The van der Waals surface area contributed by atoms with Crippen molar-refractivity contribution in [1.82, 2.24) is 15.3 Å². The van der Waals surface area contributed by atoms with E-state index in [0.717, 1.165) is 22.3 Å². The van der Waals surface area contributed by atoms with Gasteiger partial charge in [0.15, 0.2) is 5.16 Å². The Hall–Kier alpha value is -0.610. The van der Waals surface area contributed by atoms with Crippen LogP contribution in [0.25, 0.3) is 0 Å². The fraction of sp³-hybridized carbons (Fsp3) is 0.636. The topological polar surface area (TPSA) is 37.8 Å². The van der Waals surface area contributed by atoms with Crippen molar-refractivity contribution in [3.8, 4) is 0 Å². The highest BCUT2D eigenvalue weighted by molar-refractivity contribution is 7.99. The SMILES string of the molecule is Cc1cc(C)nc(SCC2CCCN2)n1. The highest BCUT2D eigenvalue weighted by Gasteiger charge is 2.14. The fourth-order valence-electron chi connectivity index (χ4n) is 1.83. The number of aryl methyl sites for hydroxylation is 2. The number of hydrogen-bond acceptors (Lipinski definition) is 4. The summed E-state index contributed by atoms with van der Waals surface area (Å²) in [5, 5.41) is 4.40. The Labute approximate surface area is 95.1 Å². The van der Waals surface area contributed by atoms with Gasteiger partial charge in [-0.15, -0.1) is 0 Å². The average Bonchev–Trinajstić information content (AvgIpc) is 2.65. The zero-order chi connectivity index (χ0) is 10.7. The molecule has 1 fully saturated rings. The molecule has 1 unspecified atom stereocenters. The summed E-state index contributed by atoms with van der Waals surface area (Å²) in [6, 6.07) is 2.66. The normalized spacial score (nSPS) is 20.8. The van der Waals surface area contributed by atoms with Gasteiger partial charge in [0, 0.05) is 23.2 Å². The molecule has 0 bridgehead atoms. The maximum absolute atomic E-state index is 4.42. The third kappa shape index (κ3) is 3.18. The molecule has 0 amide bonds. The summed E-state index contributed by atoms with van der Waals surface area (Å²) in [4.78, 5) is 8.84. The average molecular weight is 223 g/mol. The lowest BCUT2D eigenvalue weighted by molar-refractivity contribution is 0.672. The van der Waals surface area contributed by atoms with Crippen LogP contribution in [-0.4, -0.2) is 28.3 Å². The maximum atomic E-state index is 4.42. The van der Waals surface area contributed by atoms with Crippen LogP contribution in [0.5, 0.6) is 0 Å². The maximum Gasteiger partial charge on any atom is 0.188 e.